The second-order valence-corrected chi connectivity index (χ2v) is 9.22. The Hall–Kier alpha value is -2.68. The number of rotatable bonds is 8. The van der Waals surface area contributed by atoms with E-state index in [1.54, 1.807) is 0 Å². The van der Waals surface area contributed by atoms with Gasteiger partial charge in [-0.15, -0.1) is 0 Å². The third-order valence-corrected chi connectivity index (χ3v) is 6.52. The van der Waals surface area contributed by atoms with Crippen molar-refractivity contribution >= 4 is 23.0 Å². The molecule has 0 radical (unpaired) electrons. The number of nitrogens with zero attached hydrogens (tertiary/aromatic N) is 4. The number of carbonyl (C=O) groups is 2. The number of pyridine rings is 1. The fraction of sp³-hybridized carbons (Fsp3) is 0.667. The van der Waals surface area contributed by atoms with Gasteiger partial charge in [0.15, 0.2) is 5.65 Å². The first-order valence-corrected chi connectivity index (χ1v) is 12.0. The zero-order valence-electron chi connectivity index (χ0n) is 20.0. The lowest BCUT2D eigenvalue weighted by Crippen LogP contribution is -2.45. The van der Waals surface area contributed by atoms with E-state index in [2.05, 4.69) is 23.0 Å². The third kappa shape index (κ3) is 5.29. The largest absolute Gasteiger partial charge is 0.453 e. The van der Waals surface area contributed by atoms with E-state index in [-0.39, 0.29) is 30.2 Å². The highest BCUT2D eigenvalue weighted by molar-refractivity contribution is 5.84. The van der Waals surface area contributed by atoms with Crippen LogP contribution in [0.5, 0.6) is 0 Å². The number of nitrogens with one attached hydrogen (secondary N) is 1. The molecule has 1 aliphatic carbocycles. The molecule has 0 bridgehead atoms. The molecule has 2 fully saturated rings. The van der Waals surface area contributed by atoms with Gasteiger partial charge in [-0.05, 0) is 71.4 Å². The predicted molar refractivity (Wildman–Crippen MR) is 124 cm³/mol. The van der Waals surface area contributed by atoms with Gasteiger partial charge in [-0.1, -0.05) is 0 Å². The van der Waals surface area contributed by atoms with E-state index in [4.69, 9.17) is 14.8 Å². The van der Waals surface area contributed by atoms with Crippen LogP contribution in [0.4, 0.5) is 4.79 Å². The molecule has 3 atom stereocenters. The molecule has 2 aliphatic rings. The van der Waals surface area contributed by atoms with Crippen LogP contribution in [0.2, 0.25) is 0 Å². The van der Waals surface area contributed by atoms with E-state index < -0.39 is 6.09 Å². The normalized spacial score (nSPS) is 21.6. The van der Waals surface area contributed by atoms with Crippen molar-refractivity contribution < 1.29 is 19.1 Å². The van der Waals surface area contributed by atoms with Crippen molar-refractivity contribution in [3.05, 3.63) is 23.5 Å². The smallest absolute Gasteiger partial charge is 0.406 e. The Balaban J connectivity index is 1.57. The standard InChI is InChI=1S/C24H35N5O4/c1-15-9-12-19-21(27-28(22(19)26-15)14-6-13-25-24(31)32-4)17(3)29(18-10-11-18)23(30)20-8-5-7-16(2)33-20/h9,12,16-18,20H,5-8,10-11,13-14H2,1-4H3,(H,25,31)/t16-,17-,20-/m1/s1. The topological polar surface area (TPSA) is 98.6 Å². The summed E-state index contributed by atoms with van der Waals surface area (Å²) in [5.74, 6) is 0.0848. The quantitative estimate of drug-likeness (QED) is 0.609. The second kappa shape index (κ2) is 10.1. The molecule has 9 heteroatoms. The zero-order chi connectivity index (χ0) is 23.5. The van der Waals surface area contributed by atoms with Crippen molar-refractivity contribution in [2.24, 2.45) is 0 Å². The van der Waals surface area contributed by atoms with Crippen LogP contribution < -0.4 is 5.32 Å². The third-order valence-electron chi connectivity index (χ3n) is 6.52. The van der Waals surface area contributed by atoms with Gasteiger partial charge in [-0.3, -0.25) is 4.79 Å². The average molecular weight is 458 g/mol. The van der Waals surface area contributed by atoms with Gasteiger partial charge >= 0.3 is 6.09 Å². The lowest BCUT2D eigenvalue weighted by Gasteiger charge is -2.35. The monoisotopic (exact) mass is 457 g/mol. The van der Waals surface area contributed by atoms with Gasteiger partial charge in [0, 0.05) is 30.2 Å². The van der Waals surface area contributed by atoms with Crippen molar-refractivity contribution in [1.29, 1.82) is 0 Å². The van der Waals surface area contributed by atoms with Crippen LogP contribution >= 0.6 is 0 Å². The number of amides is 2. The number of aromatic nitrogens is 3. The highest BCUT2D eigenvalue weighted by Crippen LogP contribution is 2.38. The molecule has 33 heavy (non-hydrogen) atoms. The first-order valence-electron chi connectivity index (χ1n) is 12.0. The summed E-state index contributed by atoms with van der Waals surface area (Å²) in [6, 6.07) is 4.11. The number of alkyl carbamates (subject to hydrolysis) is 1. The maximum atomic E-state index is 13.5. The molecule has 0 spiro atoms. The number of methoxy groups -OCH3 is 1. The number of fused-ring (bicyclic) bond motifs is 1. The molecule has 1 N–H and O–H groups in total. The first-order chi connectivity index (χ1) is 15.9. The predicted octanol–water partition coefficient (Wildman–Crippen LogP) is 3.50. The highest BCUT2D eigenvalue weighted by Gasteiger charge is 2.41. The van der Waals surface area contributed by atoms with Crippen LogP contribution in [-0.2, 0) is 20.8 Å². The minimum absolute atomic E-state index is 0.0848. The van der Waals surface area contributed by atoms with E-state index in [1.165, 1.54) is 7.11 Å². The van der Waals surface area contributed by atoms with Gasteiger partial charge in [0.2, 0.25) is 0 Å². The fourth-order valence-corrected chi connectivity index (χ4v) is 4.65. The summed E-state index contributed by atoms with van der Waals surface area (Å²) in [6.45, 7) is 7.15. The number of hydrogen-bond acceptors (Lipinski definition) is 6. The molecule has 4 rings (SSSR count). The van der Waals surface area contributed by atoms with Crippen molar-refractivity contribution in [3.8, 4) is 0 Å². The van der Waals surface area contributed by atoms with Gasteiger partial charge < -0.3 is 19.7 Å². The Morgan fingerprint density at radius 2 is 2.09 bits per heavy atom. The molecular weight excluding hydrogens is 422 g/mol. The lowest BCUT2D eigenvalue weighted by molar-refractivity contribution is -0.154. The molecule has 2 amide bonds. The number of hydrogen-bond donors (Lipinski definition) is 1. The Labute approximate surface area is 194 Å². The molecule has 1 aliphatic heterocycles. The highest BCUT2D eigenvalue weighted by atomic mass is 16.5. The van der Waals surface area contributed by atoms with Crippen LogP contribution in [0.1, 0.15) is 69.8 Å². The van der Waals surface area contributed by atoms with Crippen molar-refractivity contribution in [2.45, 2.75) is 90.1 Å². The minimum Gasteiger partial charge on any atom is -0.453 e. The maximum Gasteiger partial charge on any atom is 0.406 e. The molecule has 0 unspecified atom stereocenters. The average Bonchev–Trinajstić information content (AvgIpc) is 3.57. The van der Waals surface area contributed by atoms with E-state index in [0.29, 0.717) is 19.5 Å². The Morgan fingerprint density at radius 1 is 1.30 bits per heavy atom. The molecule has 1 saturated heterocycles. The van der Waals surface area contributed by atoms with Gasteiger partial charge in [0.05, 0.1) is 24.9 Å². The summed E-state index contributed by atoms with van der Waals surface area (Å²) in [5, 5.41) is 8.58. The lowest BCUT2D eigenvalue weighted by atomic mass is 10.0. The summed E-state index contributed by atoms with van der Waals surface area (Å²) >= 11 is 0. The SMILES string of the molecule is COC(=O)NCCCn1nc([C@@H](C)N(C(=O)[C@H]2CCC[C@@H](C)O2)C2CC2)c2ccc(C)nc21. The molecular formula is C24H35N5O4. The van der Waals surface area contributed by atoms with E-state index >= 15 is 0 Å². The minimum atomic E-state index is -0.443. The molecule has 2 aromatic rings. The molecule has 1 saturated carbocycles. The van der Waals surface area contributed by atoms with Crippen molar-refractivity contribution in [2.75, 3.05) is 13.7 Å². The van der Waals surface area contributed by atoms with Crippen LogP contribution in [0.25, 0.3) is 11.0 Å². The Bertz CT molecular complexity index is 1000. The van der Waals surface area contributed by atoms with E-state index in [1.807, 2.05) is 29.5 Å². The summed E-state index contributed by atoms with van der Waals surface area (Å²) in [7, 11) is 1.35. The van der Waals surface area contributed by atoms with Gasteiger partial charge in [-0.2, -0.15) is 5.10 Å². The zero-order valence-corrected chi connectivity index (χ0v) is 20.0. The number of ether oxygens (including phenoxy) is 2. The molecule has 180 valence electrons. The molecule has 2 aromatic heterocycles. The van der Waals surface area contributed by atoms with Gasteiger partial charge in [0.1, 0.15) is 6.10 Å². The van der Waals surface area contributed by atoms with E-state index in [0.717, 1.165) is 54.5 Å². The second-order valence-electron chi connectivity index (χ2n) is 9.22. The van der Waals surface area contributed by atoms with Crippen molar-refractivity contribution in [1.82, 2.24) is 25.0 Å². The fourth-order valence-electron chi connectivity index (χ4n) is 4.65. The molecule has 9 nitrogen and oxygen atoms in total. The van der Waals surface area contributed by atoms with Crippen LogP contribution in [-0.4, -0.2) is 63.6 Å². The number of aryl methyl sites for hydroxylation is 2. The van der Waals surface area contributed by atoms with Gasteiger partial charge in [-0.25, -0.2) is 14.5 Å². The van der Waals surface area contributed by atoms with Crippen molar-refractivity contribution in [3.63, 3.8) is 0 Å². The Morgan fingerprint density at radius 3 is 2.79 bits per heavy atom. The van der Waals surface area contributed by atoms with Gasteiger partial charge in [0.25, 0.3) is 5.91 Å². The summed E-state index contributed by atoms with van der Waals surface area (Å²) in [4.78, 5) is 31.6. The summed E-state index contributed by atoms with van der Waals surface area (Å²) < 4.78 is 12.5. The Kier molecular flexibility index (Phi) is 7.17. The van der Waals surface area contributed by atoms with Crippen LogP contribution in [0.3, 0.4) is 0 Å². The summed E-state index contributed by atoms with van der Waals surface area (Å²) in [5.41, 5.74) is 2.58. The first kappa shape index (κ1) is 23.5. The maximum absolute atomic E-state index is 13.5. The van der Waals surface area contributed by atoms with Crippen LogP contribution in [0, 0.1) is 6.92 Å². The number of carbonyl (C=O) groups excluding carboxylic acids is 2. The van der Waals surface area contributed by atoms with Crippen LogP contribution in [0.15, 0.2) is 12.1 Å². The molecule has 0 aromatic carbocycles. The van der Waals surface area contributed by atoms with E-state index in [9.17, 15) is 9.59 Å². The summed E-state index contributed by atoms with van der Waals surface area (Å²) in [6.07, 6.45) is 4.85. The molecule has 3 heterocycles.